The van der Waals surface area contributed by atoms with Gasteiger partial charge in [-0.25, -0.2) is 9.50 Å². The summed E-state index contributed by atoms with van der Waals surface area (Å²) < 4.78 is 7.47. The van der Waals surface area contributed by atoms with Gasteiger partial charge >= 0.3 is 0 Å². The lowest BCUT2D eigenvalue weighted by Crippen LogP contribution is -1.96. The van der Waals surface area contributed by atoms with Crippen LogP contribution in [0.15, 0.2) is 42.9 Å². The van der Waals surface area contributed by atoms with Crippen molar-refractivity contribution < 1.29 is 4.74 Å². The smallest absolute Gasteiger partial charge is 0.245 e. The molecule has 0 bridgehead atoms. The van der Waals surface area contributed by atoms with Gasteiger partial charge in [0.25, 0.3) is 0 Å². The van der Waals surface area contributed by atoms with Gasteiger partial charge in [-0.05, 0) is 30.7 Å². The third-order valence-corrected chi connectivity index (χ3v) is 2.66. The predicted octanol–water partition coefficient (Wildman–Crippen LogP) is 2.41. The van der Waals surface area contributed by atoms with E-state index in [1.54, 1.807) is 23.1 Å². The third-order valence-electron chi connectivity index (χ3n) is 2.66. The zero-order valence-corrected chi connectivity index (χ0v) is 9.87. The molecule has 0 amide bonds. The lowest BCUT2D eigenvalue weighted by Gasteiger charge is -2.09. The van der Waals surface area contributed by atoms with E-state index in [1.165, 1.54) is 0 Å². The molecule has 0 saturated heterocycles. The molecule has 5 nitrogen and oxygen atoms in total. The Morgan fingerprint density at radius 3 is 3.00 bits per heavy atom. The first-order valence-corrected chi connectivity index (χ1v) is 5.56. The standard InChI is InChI=1S/C13H12N4O/c1-9-2-3-10(14)12(8-9)18-13-11-4-5-16-17(11)7-6-15-13/h2-8H,14H2,1H3. The maximum atomic E-state index is 5.88. The number of anilines is 1. The molecule has 0 aliphatic carbocycles. The summed E-state index contributed by atoms with van der Waals surface area (Å²) in [5.74, 6) is 1.10. The molecule has 3 aromatic rings. The number of fused-ring (bicyclic) bond motifs is 1. The molecule has 0 unspecified atom stereocenters. The van der Waals surface area contributed by atoms with Crippen LogP contribution in [0.4, 0.5) is 5.69 Å². The molecule has 1 aromatic carbocycles. The molecular weight excluding hydrogens is 228 g/mol. The number of aromatic nitrogens is 3. The largest absolute Gasteiger partial charge is 0.435 e. The Morgan fingerprint density at radius 1 is 1.22 bits per heavy atom. The van der Waals surface area contributed by atoms with Crippen LogP contribution < -0.4 is 10.5 Å². The number of nitrogens with two attached hydrogens (primary N) is 1. The lowest BCUT2D eigenvalue weighted by molar-refractivity contribution is 0.467. The summed E-state index contributed by atoms with van der Waals surface area (Å²) in [5.41, 5.74) is 8.36. The monoisotopic (exact) mass is 240 g/mol. The molecule has 0 aliphatic heterocycles. The van der Waals surface area contributed by atoms with Crippen molar-refractivity contribution in [1.29, 1.82) is 0 Å². The van der Waals surface area contributed by atoms with Crippen LogP contribution in [-0.2, 0) is 0 Å². The molecule has 90 valence electrons. The van der Waals surface area contributed by atoms with Crippen molar-refractivity contribution in [3.8, 4) is 11.6 Å². The minimum Gasteiger partial charge on any atom is -0.435 e. The Kier molecular flexibility index (Phi) is 2.37. The predicted molar refractivity (Wildman–Crippen MR) is 68.7 cm³/mol. The maximum absolute atomic E-state index is 5.88. The SMILES string of the molecule is Cc1ccc(N)c(Oc2nccn3nccc23)c1. The first-order chi connectivity index (χ1) is 8.74. The molecule has 2 N–H and O–H groups in total. The Labute approximate surface area is 104 Å². The number of rotatable bonds is 2. The molecule has 2 aromatic heterocycles. The van der Waals surface area contributed by atoms with Crippen molar-refractivity contribution in [3.63, 3.8) is 0 Å². The fraction of sp³-hybridized carbons (Fsp3) is 0.0769. The van der Waals surface area contributed by atoms with E-state index in [2.05, 4.69) is 10.1 Å². The Bertz CT molecular complexity index is 705. The average Bonchev–Trinajstić information content (AvgIpc) is 2.83. The van der Waals surface area contributed by atoms with Crippen LogP contribution in [0.3, 0.4) is 0 Å². The van der Waals surface area contributed by atoms with Gasteiger partial charge in [0, 0.05) is 12.4 Å². The average molecular weight is 240 g/mol. The maximum Gasteiger partial charge on any atom is 0.245 e. The van der Waals surface area contributed by atoms with Crippen LogP contribution in [0.5, 0.6) is 11.6 Å². The van der Waals surface area contributed by atoms with Gasteiger partial charge in [0.1, 0.15) is 5.52 Å². The lowest BCUT2D eigenvalue weighted by atomic mass is 10.2. The summed E-state index contributed by atoms with van der Waals surface area (Å²) in [4.78, 5) is 4.21. The van der Waals surface area contributed by atoms with Gasteiger partial charge < -0.3 is 10.5 Å². The molecule has 3 rings (SSSR count). The van der Waals surface area contributed by atoms with Gasteiger partial charge in [-0.15, -0.1) is 0 Å². The van der Waals surface area contributed by atoms with E-state index in [0.717, 1.165) is 11.1 Å². The number of aryl methyl sites for hydroxylation is 1. The van der Waals surface area contributed by atoms with Crippen molar-refractivity contribution in [2.24, 2.45) is 0 Å². The second-order valence-electron chi connectivity index (χ2n) is 4.04. The second kappa shape index (κ2) is 4.03. The molecule has 2 heterocycles. The highest BCUT2D eigenvalue weighted by Gasteiger charge is 2.08. The van der Waals surface area contributed by atoms with E-state index in [0.29, 0.717) is 17.3 Å². The van der Waals surface area contributed by atoms with Crippen LogP contribution in [0, 0.1) is 6.92 Å². The van der Waals surface area contributed by atoms with Gasteiger partial charge in [0.2, 0.25) is 5.88 Å². The summed E-state index contributed by atoms with van der Waals surface area (Å²) in [7, 11) is 0. The van der Waals surface area contributed by atoms with Crippen LogP contribution >= 0.6 is 0 Å². The van der Waals surface area contributed by atoms with Gasteiger partial charge in [-0.3, -0.25) is 0 Å². The molecule has 0 radical (unpaired) electrons. The van der Waals surface area contributed by atoms with Crippen molar-refractivity contribution in [2.45, 2.75) is 6.92 Å². The van der Waals surface area contributed by atoms with Crippen LogP contribution in [-0.4, -0.2) is 14.6 Å². The molecular formula is C13H12N4O. The van der Waals surface area contributed by atoms with Crippen molar-refractivity contribution >= 4 is 11.2 Å². The fourth-order valence-corrected chi connectivity index (χ4v) is 1.75. The molecule has 0 aliphatic rings. The molecule has 0 atom stereocenters. The van der Waals surface area contributed by atoms with Gasteiger partial charge in [0.05, 0.1) is 11.9 Å². The second-order valence-corrected chi connectivity index (χ2v) is 4.04. The van der Waals surface area contributed by atoms with Crippen LogP contribution in [0.2, 0.25) is 0 Å². The Hall–Kier alpha value is -2.56. The van der Waals surface area contributed by atoms with Crippen molar-refractivity contribution in [1.82, 2.24) is 14.6 Å². The molecule has 0 spiro atoms. The van der Waals surface area contributed by atoms with E-state index < -0.39 is 0 Å². The molecule has 0 saturated carbocycles. The zero-order chi connectivity index (χ0) is 12.5. The van der Waals surface area contributed by atoms with Gasteiger partial charge in [-0.1, -0.05) is 6.07 Å². The molecule has 5 heteroatoms. The number of nitrogen functional groups attached to an aromatic ring is 1. The van der Waals surface area contributed by atoms with Crippen LogP contribution in [0.1, 0.15) is 5.56 Å². The van der Waals surface area contributed by atoms with Crippen molar-refractivity contribution in [3.05, 3.63) is 48.4 Å². The highest BCUT2D eigenvalue weighted by atomic mass is 16.5. The first-order valence-electron chi connectivity index (χ1n) is 5.56. The fourth-order valence-electron chi connectivity index (χ4n) is 1.75. The summed E-state index contributed by atoms with van der Waals surface area (Å²) in [5, 5.41) is 4.13. The number of benzene rings is 1. The zero-order valence-electron chi connectivity index (χ0n) is 9.87. The number of hydrogen-bond donors (Lipinski definition) is 1. The third kappa shape index (κ3) is 1.75. The summed E-state index contributed by atoms with van der Waals surface area (Å²) in [6.07, 6.45) is 5.10. The van der Waals surface area contributed by atoms with Crippen LogP contribution in [0.25, 0.3) is 5.52 Å². The highest BCUT2D eigenvalue weighted by molar-refractivity contribution is 5.60. The number of nitrogens with zero attached hydrogens (tertiary/aromatic N) is 3. The summed E-state index contributed by atoms with van der Waals surface area (Å²) in [6, 6.07) is 7.49. The normalized spacial score (nSPS) is 10.7. The van der Waals surface area contributed by atoms with E-state index >= 15 is 0 Å². The number of ether oxygens (including phenoxy) is 1. The van der Waals surface area contributed by atoms with Crippen molar-refractivity contribution in [2.75, 3.05) is 5.73 Å². The van der Waals surface area contributed by atoms with E-state index in [4.69, 9.17) is 10.5 Å². The first kappa shape index (κ1) is 10.6. The minimum absolute atomic E-state index is 0.493. The highest BCUT2D eigenvalue weighted by Crippen LogP contribution is 2.29. The Morgan fingerprint density at radius 2 is 2.11 bits per heavy atom. The quantitative estimate of drug-likeness (QED) is 0.698. The molecule has 18 heavy (non-hydrogen) atoms. The summed E-state index contributed by atoms with van der Waals surface area (Å²) >= 11 is 0. The molecule has 0 fully saturated rings. The van der Waals surface area contributed by atoms with E-state index in [-0.39, 0.29) is 0 Å². The summed E-state index contributed by atoms with van der Waals surface area (Å²) in [6.45, 7) is 1.99. The number of hydrogen-bond acceptors (Lipinski definition) is 4. The van der Waals surface area contributed by atoms with Gasteiger partial charge in [-0.2, -0.15) is 5.10 Å². The minimum atomic E-state index is 0.493. The van der Waals surface area contributed by atoms with Gasteiger partial charge in [0.15, 0.2) is 5.75 Å². The van der Waals surface area contributed by atoms with E-state index in [1.807, 2.05) is 31.2 Å². The Balaban J connectivity index is 2.06. The van der Waals surface area contributed by atoms with E-state index in [9.17, 15) is 0 Å². The topological polar surface area (TPSA) is 65.4 Å².